The van der Waals surface area contributed by atoms with Gasteiger partial charge in [-0.15, -0.1) is 0 Å². The summed E-state index contributed by atoms with van der Waals surface area (Å²) in [7, 11) is 0. The van der Waals surface area contributed by atoms with E-state index >= 15 is 0 Å². The Morgan fingerprint density at radius 2 is 1.81 bits per heavy atom. The SMILES string of the molecule is CC1=Nc2c(-c3cnn(-c4ncc(C)cn4)c3)cnn2C(=O)C1C1CC1. The van der Waals surface area contributed by atoms with E-state index in [0.717, 1.165) is 35.2 Å². The van der Waals surface area contributed by atoms with Gasteiger partial charge in [-0.05, 0) is 38.2 Å². The summed E-state index contributed by atoms with van der Waals surface area (Å²) in [6.07, 6.45) is 10.9. The smallest absolute Gasteiger partial charge is 0.257 e. The van der Waals surface area contributed by atoms with Gasteiger partial charge in [0, 0.05) is 35.4 Å². The predicted molar refractivity (Wildman–Crippen MR) is 94.7 cm³/mol. The molecule has 8 heteroatoms. The van der Waals surface area contributed by atoms with Gasteiger partial charge in [-0.1, -0.05) is 0 Å². The summed E-state index contributed by atoms with van der Waals surface area (Å²) in [5.41, 5.74) is 3.47. The number of nitrogens with zero attached hydrogens (tertiary/aromatic N) is 7. The normalized spacial score (nSPS) is 19.4. The zero-order valence-electron chi connectivity index (χ0n) is 14.5. The fourth-order valence-corrected chi connectivity index (χ4v) is 3.41. The van der Waals surface area contributed by atoms with Crippen molar-refractivity contribution in [1.29, 1.82) is 0 Å². The maximum atomic E-state index is 12.8. The zero-order valence-corrected chi connectivity index (χ0v) is 14.5. The number of hydrogen-bond donors (Lipinski definition) is 0. The van der Waals surface area contributed by atoms with Gasteiger partial charge in [0.15, 0.2) is 5.82 Å². The largest absolute Gasteiger partial charge is 0.272 e. The third-order valence-electron chi connectivity index (χ3n) is 4.91. The lowest BCUT2D eigenvalue weighted by Crippen LogP contribution is -2.32. The molecule has 0 aromatic carbocycles. The molecule has 0 spiro atoms. The average molecular weight is 347 g/mol. The Balaban J connectivity index is 1.53. The maximum absolute atomic E-state index is 12.8. The Kier molecular flexibility index (Phi) is 3.15. The molecule has 1 fully saturated rings. The second-order valence-corrected chi connectivity index (χ2v) is 6.93. The molecular weight excluding hydrogens is 330 g/mol. The number of aromatic nitrogens is 6. The molecule has 1 aliphatic carbocycles. The van der Waals surface area contributed by atoms with Crippen LogP contribution in [0.15, 0.2) is 36.0 Å². The summed E-state index contributed by atoms with van der Waals surface area (Å²) in [6, 6.07) is 0. The van der Waals surface area contributed by atoms with E-state index in [4.69, 9.17) is 4.99 Å². The van der Waals surface area contributed by atoms with Crippen molar-refractivity contribution >= 4 is 17.4 Å². The lowest BCUT2D eigenvalue weighted by atomic mass is 9.96. The molecule has 0 amide bonds. The van der Waals surface area contributed by atoms with Gasteiger partial charge in [-0.25, -0.2) is 19.6 Å². The van der Waals surface area contributed by atoms with Gasteiger partial charge in [0.25, 0.3) is 5.91 Å². The molecule has 0 N–H and O–H groups in total. The minimum atomic E-state index is -0.126. The Hall–Kier alpha value is -3.16. The number of rotatable bonds is 3. The lowest BCUT2D eigenvalue weighted by Gasteiger charge is -2.20. The van der Waals surface area contributed by atoms with Crippen LogP contribution in [-0.4, -0.2) is 41.1 Å². The molecule has 0 radical (unpaired) electrons. The molecule has 3 aromatic heterocycles. The van der Waals surface area contributed by atoms with Gasteiger partial charge in [0.05, 0.1) is 18.3 Å². The second-order valence-electron chi connectivity index (χ2n) is 6.93. The molecule has 3 aromatic rings. The van der Waals surface area contributed by atoms with Crippen molar-refractivity contribution in [3.63, 3.8) is 0 Å². The molecule has 1 atom stereocenters. The van der Waals surface area contributed by atoms with Crippen LogP contribution in [0.3, 0.4) is 0 Å². The summed E-state index contributed by atoms with van der Waals surface area (Å²) in [4.78, 5) is 26.0. The first kappa shape index (κ1) is 15.1. The van der Waals surface area contributed by atoms with Crippen LogP contribution in [0, 0.1) is 18.8 Å². The summed E-state index contributed by atoms with van der Waals surface area (Å²) in [5.74, 6) is 1.39. The van der Waals surface area contributed by atoms with E-state index in [1.54, 1.807) is 29.5 Å². The van der Waals surface area contributed by atoms with Gasteiger partial charge in [0.1, 0.15) is 0 Å². The van der Waals surface area contributed by atoms with E-state index in [9.17, 15) is 4.79 Å². The Morgan fingerprint density at radius 1 is 1.04 bits per heavy atom. The van der Waals surface area contributed by atoms with Gasteiger partial charge in [-0.3, -0.25) is 4.79 Å². The average Bonchev–Trinajstić information content (AvgIpc) is 3.17. The third-order valence-corrected chi connectivity index (χ3v) is 4.91. The molecule has 0 bridgehead atoms. The highest BCUT2D eigenvalue weighted by molar-refractivity contribution is 6.09. The van der Waals surface area contributed by atoms with Crippen LogP contribution in [0.4, 0.5) is 5.82 Å². The summed E-state index contributed by atoms with van der Waals surface area (Å²) >= 11 is 0. The molecule has 1 saturated carbocycles. The van der Waals surface area contributed by atoms with Crippen LogP contribution in [0.5, 0.6) is 0 Å². The van der Waals surface area contributed by atoms with E-state index < -0.39 is 0 Å². The van der Waals surface area contributed by atoms with Crippen molar-refractivity contribution in [2.24, 2.45) is 16.8 Å². The molecule has 5 rings (SSSR count). The van der Waals surface area contributed by atoms with Crippen LogP contribution >= 0.6 is 0 Å². The Bertz CT molecular complexity index is 1040. The summed E-state index contributed by atoms with van der Waals surface area (Å²) in [6.45, 7) is 3.87. The molecule has 26 heavy (non-hydrogen) atoms. The van der Waals surface area contributed by atoms with Gasteiger partial charge in [0.2, 0.25) is 5.95 Å². The summed E-state index contributed by atoms with van der Waals surface area (Å²) in [5, 5.41) is 8.63. The Labute approximate surface area is 149 Å². The first-order valence-electron chi connectivity index (χ1n) is 8.63. The molecule has 130 valence electrons. The van der Waals surface area contributed by atoms with Crippen LogP contribution in [0.25, 0.3) is 17.1 Å². The number of carbonyl (C=O) groups excluding carboxylic acids is 1. The maximum Gasteiger partial charge on any atom is 0.257 e. The fourth-order valence-electron chi connectivity index (χ4n) is 3.41. The zero-order chi connectivity index (χ0) is 17.8. The van der Waals surface area contributed by atoms with E-state index in [2.05, 4.69) is 20.2 Å². The van der Waals surface area contributed by atoms with Gasteiger partial charge < -0.3 is 0 Å². The minimum absolute atomic E-state index is 0.0236. The molecular formula is C18H17N7O. The van der Waals surface area contributed by atoms with Crippen molar-refractivity contribution in [1.82, 2.24) is 29.5 Å². The summed E-state index contributed by atoms with van der Waals surface area (Å²) < 4.78 is 3.04. The number of fused-ring (bicyclic) bond motifs is 1. The van der Waals surface area contributed by atoms with Crippen molar-refractivity contribution < 1.29 is 4.79 Å². The van der Waals surface area contributed by atoms with E-state index in [-0.39, 0.29) is 11.8 Å². The fraction of sp³-hybridized carbons (Fsp3) is 0.333. The number of aryl methyl sites for hydroxylation is 1. The lowest BCUT2D eigenvalue weighted by molar-refractivity contribution is 0.0841. The van der Waals surface area contributed by atoms with Crippen molar-refractivity contribution in [3.05, 3.63) is 36.5 Å². The van der Waals surface area contributed by atoms with Crippen LogP contribution in [-0.2, 0) is 0 Å². The second kappa shape index (κ2) is 5.42. The highest BCUT2D eigenvalue weighted by Crippen LogP contribution is 2.42. The minimum Gasteiger partial charge on any atom is -0.272 e. The van der Waals surface area contributed by atoms with Crippen LogP contribution in [0.2, 0.25) is 0 Å². The number of carbonyl (C=O) groups is 1. The first-order valence-corrected chi connectivity index (χ1v) is 8.63. The molecule has 0 saturated heterocycles. The van der Waals surface area contributed by atoms with Crippen molar-refractivity contribution in [3.8, 4) is 17.1 Å². The van der Waals surface area contributed by atoms with Gasteiger partial charge >= 0.3 is 0 Å². The molecule has 1 aliphatic heterocycles. The monoisotopic (exact) mass is 347 g/mol. The topological polar surface area (TPSA) is 90.8 Å². The number of hydrogen-bond acceptors (Lipinski definition) is 6. The van der Waals surface area contributed by atoms with Crippen molar-refractivity contribution in [2.75, 3.05) is 0 Å². The highest BCUT2D eigenvalue weighted by Gasteiger charge is 2.42. The van der Waals surface area contributed by atoms with E-state index in [1.165, 1.54) is 4.68 Å². The Morgan fingerprint density at radius 3 is 2.54 bits per heavy atom. The van der Waals surface area contributed by atoms with E-state index in [1.807, 2.05) is 20.0 Å². The van der Waals surface area contributed by atoms with Crippen LogP contribution < -0.4 is 0 Å². The quantitative estimate of drug-likeness (QED) is 0.726. The molecule has 4 heterocycles. The molecule has 8 nitrogen and oxygen atoms in total. The van der Waals surface area contributed by atoms with E-state index in [0.29, 0.717) is 17.7 Å². The highest BCUT2D eigenvalue weighted by atomic mass is 16.2. The third kappa shape index (κ3) is 2.29. The first-order chi connectivity index (χ1) is 12.6. The molecule has 1 unspecified atom stereocenters. The molecule has 2 aliphatic rings. The number of aliphatic imine (C=N–C) groups is 1. The standard InChI is InChI=1S/C18H17N7O/c1-10-5-19-18(20-6-10)24-9-13(7-21-24)14-8-22-25-16(14)23-11(2)15(17(25)26)12-3-4-12/h5-9,12,15H,3-4H2,1-2H3. The predicted octanol–water partition coefficient (Wildman–Crippen LogP) is 2.61. The van der Waals surface area contributed by atoms with Crippen molar-refractivity contribution in [2.45, 2.75) is 26.7 Å². The van der Waals surface area contributed by atoms with Crippen LogP contribution in [0.1, 0.15) is 30.1 Å². The van der Waals surface area contributed by atoms with Gasteiger partial charge in [-0.2, -0.15) is 14.9 Å².